The number of rotatable bonds is 4. The van der Waals surface area contributed by atoms with Crippen molar-refractivity contribution in [1.82, 2.24) is 5.32 Å². The van der Waals surface area contributed by atoms with Gasteiger partial charge in [0.05, 0.1) is 0 Å². The number of hydrogen-bond donors (Lipinski definition) is 1. The van der Waals surface area contributed by atoms with Gasteiger partial charge in [0.1, 0.15) is 0 Å². The first-order valence-electron chi connectivity index (χ1n) is 9.08. The largest absolute Gasteiger partial charge is 0.316 e. The van der Waals surface area contributed by atoms with Crippen LogP contribution in [0.25, 0.3) is 5.57 Å². The first kappa shape index (κ1) is 17.3. The number of nitrogens with one attached hydrogen (secondary N) is 1. The lowest BCUT2D eigenvalue weighted by atomic mass is 9.90. The van der Waals surface area contributed by atoms with Crippen LogP contribution < -0.4 is 5.32 Å². The fourth-order valence-electron chi connectivity index (χ4n) is 3.65. The van der Waals surface area contributed by atoms with Gasteiger partial charge in [-0.25, -0.2) is 0 Å². The Hall–Kier alpha value is -1.08. The summed E-state index contributed by atoms with van der Waals surface area (Å²) < 4.78 is 0. The molecule has 1 heterocycles. The predicted molar refractivity (Wildman–Crippen MR) is 98.2 cm³/mol. The van der Waals surface area contributed by atoms with Gasteiger partial charge in [0.15, 0.2) is 0 Å². The lowest BCUT2D eigenvalue weighted by molar-refractivity contribution is 0.436. The van der Waals surface area contributed by atoms with Crippen LogP contribution in [0.1, 0.15) is 63.1 Å². The molecule has 122 valence electrons. The highest BCUT2D eigenvalue weighted by molar-refractivity contribution is 5.65. The molecule has 0 aromatic heterocycles. The van der Waals surface area contributed by atoms with Crippen molar-refractivity contribution < 1.29 is 0 Å². The van der Waals surface area contributed by atoms with E-state index in [-0.39, 0.29) is 0 Å². The molecule has 1 aromatic rings. The molecule has 0 radical (unpaired) electrons. The summed E-state index contributed by atoms with van der Waals surface area (Å²) in [6, 6.07) is 7.01. The second-order valence-corrected chi connectivity index (χ2v) is 7.24. The average Bonchev–Trinajstić information content (AvgIpc) is 2.59. The van der Waals surface area contributed by atoms with Crippen LogP contribution in [0.15, 0.2) is 24.8 Å². The highest BCUT2D eigenvalue weighted by atomic mass is 14.9. The van der Waals surface area contributed by atoms with Crippen LogP contribution in [0.4, 0.5) is 0 Å². The molecule has 1 fully saturated rings. The van der Waals surface area contributed by atoms with Gasteiger partial charge in [-0.3, -0.25) is 0 Å². The van der Waals surface area contributed by atoms with Crippen LogP contribution in [0, 0.1) is 11.8 Å². The maximum atomic E-state index is 4.11. The van der Waals surface area contributed by atoms with Crippen molar-refractivity contribution in [2.75, 3.05) is 13.1 Å². The summed E-state index contributed by atoms with van der Waals surface area (Å²) in [4.78, 5) is 0. The van der Waals surface area contributed by atoms with Crippen molar-refractivity contribution in [2.45, 2.75) is 59.3 Å². The molecule has 22 heavy (non-hydrogen) atoms. The summed E-state index contributed by atoms with van der Waals surface area (Å²) in [6.45, 7) is 13.2. The molecule has 1 aromatic carbocycles. The van der Waals surface area contributed by atoms with E-state index in [9.17, 15) is 0 Å². The molecule has 1 N–H and O–H groups in total. The standard InChI is InChI=1S/C21H33N/c1-5-20-13-18(10-11-21(20)16(2)3)12-19-9-7-6-8-17(4)14-22-15-19/h10-11,13,17,19,22H,2,5-9,12,14-15H2,1,3-4H3. The third kappa shape index (κ3) is 4.98. The third-order valence-electron chi connectivity index (χ3n) is 5.02. The maximum absolute atomic E-state index is 4.11. The van der Waals surface area contributed by atoms with E-state index in [2.05, 4.69) is 50.9 Å². The molecule has 1 aliphatic heterocycles. The maximum Gasteiger partial charge on any atom is -0.00172 e. The van der Waals surface area contributed by atoms with Crippen molar-refractivity contribution in [2.24, 2.45) is 11.8 Å². The minimum absolute atomic E-state index is 0.783. The van der Waals surface area contributed by atoms with Crippen LogP contribution >= 0.6 is 0 Å². The van der Waals surface area contributed by atoms with Crippen molar-refractivity contribution in [3.8, 4) is 0 Å². The number of benzene rings is 1. The highest BCUT2D eigenvalue weighted by Gasteiger charge is 2.14. The van der Waals surface area contributed by atoms with E-state index < -0.39 is 0 Å². The quantitative estimate of drug-likeness (QED) is 0.801. The zero-order valence-corrected chi connectivity index (χ0v) is 14.8. The molecule has 2 atom stereocenters. The summed E-state index contributed by atoms with van der Waals surface area (Å²) in [5, 5.41) is 3.69. The van der Waals surface area contributed by atoms with Crippen LogP contribution in [0.3, 0.4) is 0 Å². The lowest BCUT2D eigenvalue weighted by Gasteiger charge is -2.18. The van der Waals surface area contributed by atoms with Gasteiger partial charge in [-0.05, 0) is 74.2 Å². The van der Waals surface area contributed by atoms with Gasteiger partial charge in [-0.2, -0.15) is 0 Å². The Balaban J connectivity index is 2.03. The van der Waals surface area contributed by atoms with Crippen molar-refractivity contribution in [3.63, 3.8) is 0 Å². The topological polar surface area (TPSA) is 12.0 Å². The summed E-state index contributed by atoms with van der Waals surface area (Å²) in [6.07, 6.45) is 7.84. The number of hydrogen-bond acceptors (Lipinski definition) is 1. The predicted octanol–water partition coefficient (Wildman–Crippen LogP) is 5.24. The van der Waals surface area contributed by atoms with Crippen LogP contribution in [-0.4, -0.2) is 13.1 Å². The molecule has 1 nitrogen and oxygen atoms in total. The molecule has 1 heteroatoms. The molecular formula is C21H33N. The Morgan fingerprint density at radius 2 is 2.00 bits per heavy atom. The Labute approximate surface area is 137 Å². The first-order chi connectivity index (χ1) is 10.6. The van der Waals surface area contributed by atoms with Crippen molar-refractivity contribution in [1.29, 1.82) is 0 Å². The Bertz CT molecular complexity index is 489. The summed E-state index contributed by atoms with van der Waals surface area (Å²) >= 11 is 0. The summed E-state index contributed by atoms with van der Waals surface area (Å²) in [7, 11) is 0. The van der Waals surface area contributed by atoms with E-state index in [0.717, 1.165) is 18.3 Å². The minimum Gasteiger partial charge on any atom is -0.316 e. The molecule has 1 saturated heterocycles. The minimum atomic E-state index is 0.783. The van der Waals surface area contributed by atoms with Gasteiger partial charge in [0.2, 0.25) is 0 Å². The van der Waals surface area contributed by atoms with Crippen LogP contribution in [-0.2, 0) is 12.8 Å². The van der Waals surface area contributed by atoms with E-state index >= 15 is 0 Å². The number of allylic oxidation sites excluding steroid dienone is 1. The van der Waals surface area contributed by atoms with Gasteiger partial charge in [0, 0.05) is 0 Å². The summed E-state index contributed by atoms with van der Waals surface area (Å²) in [5.74, 6) is 1.62. The molecular weight excluding hydrogens is 266 g/mol. The SMILES string of the molecule is C=C(C)c1ccc(CC2CCCCC(C)CNC2)cc1CC. The number of aryl methyl sites for hydroxylation is 1. The smallest absolute Gasteiger partial charge is 0.00172 e. The zero-order valence-electron chi connectivity index (χ0n) is 14.8. The zero-order chi connectivity index (χ0) is 15.9. The lowest BCUT2D eigenvalue weighted by Crippen LogP contribution is -2.27. The van der Waals surface area contributed by atoms with Gasteiger partial charge < -0.3 is 5.32 Å². The van der Waals surface area contributed by atoms with E-state index in [1.807, 2.05) is 0 Å². The first-order valence-corrected chi connectivity index (χ1v) is 9.08. The molecule has 0 aliphatic carbocycles. The molecule has 0 spiro atoms. The van der Waals surface area contributed by atoms with Crippen LogP contribution in [0.5, 0.6) is 0 Å². The van der Waals surface area contributed by atoms with E-state index in [1.165, 1.54) is 67.5 Å². The van der Waals surface area contributed by atoms with Crippen molar-refractivity contribution in [3.05, 3.63) is 41.5 Å². The molecule has 0 amide bonds. The van der Waals surface area contributed by atoms with E-state index in [1.54, 1.807) is 0 Å². The fourth-order valence-corrected chi connectivity index (χ4v) is 3.65. The molecule has 2 unspecified atom stereocenters. The van der Waals surface area contributed by atoms with E-state index in [4.69, 9.17) is 0 Å². The van der Waals surface area contributed by atoms with Gasteiger partial charge in [0.25, 0.3) is 0 Å². The summed E-state index contributed by atoms with van der Waals surface area (Å²) in [5.41, 5.74) is 5.48. The second-order valence-electron chi connectivity index (χ2n) is 7.24. The second kappa shape index (κ2) is 8.53. The normalized spacial score (nSPS) is 23.4. The monoisotopic (exact) mass is 299 g/mol. The molecule has 0 bridgehead atoms. The third-order valence-corrected chi connectivity index (χ3v) is 5.02. The Morgan fingerprint density at radius 3 is 2.73 bits per heavy atom. The average molecular weight is 300 g/mol. The van der Waals surface area contributed by atoms with Gasteiger partial charge >= 0.3 is 0 Å². The van der Waals surface area contributed by atoms with Crippen LogP contribution in [0.2, 0.25) is 0 Å². The molecule has 0 saturated carbocycles. The highest BCUT2D eigenvalue weighted by Crippen LogP contribution is 2.23. The van der Waals surface area contributed by atoms with E-state index in [0.29, 0.717) is 0 Å². The Kier molecular flexibility index (Phi) is 6.70. The van der Waals surface area contributed by atoms with Gasteiger partial charge in [-0.15, -0.1) is 0 Å². The molecule has 1 aliphatic rings. The van der Waals surface area contributed by atoms with Crippen molar-refractivity contribution >= 4 is 5.57 Å². The molecule has 2 rings (SSSR count). The van der Waals surface area contributed by atoms with Gasteiger partial charge in [-0.1, -0.05) is 57.0 Å². The fraction of sp³-hybridized carbons (Fsp3) is 0.619. The Morgan fingerprint density at radius 1 is 1.23 bits per heavy atom.